The van der Waals surface area contributed by atoms with Gasteiger partial charge in [-0.25, -0.2) is 0 Å². The van der Waals surface area contributed by atoms with Gasteiger partial charge in [0.25, 0.3) is 0 Å². The van der Waals surface area contributed by atoms with Crippen molar-refractivity contribution < 1.29 is 0 Å². The molecule has 0 saturated heterocycles. The number of benzene rings is 10. The molecule has 0 unspecified atom stereocenters. The number of rotatable bonds is 6. The lowest BCUT2D eigenvalue weighted by atomic mass is 9.89. The van der Waals surface area contributed by atoms with Crippen LogP contribution in [0.3, 0.4) is 0 Å². The van der Waals surface area contributed by atoms with E-state index in [2.05, 4.69) is 217 Å². The third-order valence-electron chi connectivity index (χ3n) is 10.6. The molecule has 53 heavy (non-hydrogen) atoms. The van der Waals surface area contributed by atoms with Gasteiger partial charge in [-0.1, -0.05) is 176 Å². The van der Waals surface area contributed by atoms with Gasteiger partial charge in [0.2, 0.25) is 0 Å². The Morgan fingerprint density at radius 3 is 1.25 bits per heavy atom. The van der Waals surface area contributed by atoms with E-state index < -0.39 is 0 Å². The van der Waals surface area contributed by atoms with Crippen LogP contribution >= 0.6 is 0 Å². The van der Waals surface area contributed by atoms with Crippen molar-refractivity contribution in [1.82, 2.24) is 0 Å². The van der Waals surface area contributed by atoms with Gasteiger partial charge in [0, 0.05) is 22.3 Å². The van der Waals surface area contributed by atoms with Gasteiger partial charge in [0.1, 0.15) is 0 Å². The molecule has 248 valence electrons. The summed E-state index contributed by atoms with van der Waals surface area (Å²) in [7, 11) is 0. The molecule has 10 aromatic carbocycles. The third-order valence-corrected chi connectivity index (χ3v) is 10.6. The number of hydrogen-bond donors (Lipinski definition) is 0. The predicted molar refractivity (Wildman–Crippen MR) is 227 cm³/mol. The first kappa shape index (κ1) is 30.8. The van der Waals surface area contributed by atoms with Crippen LogP contribution in [0.25, 0.3) is 76.5 Å². The van der Waals surface area contributed by atoms with Crippen LogP contribution in [0, 0.1) is 0 Å². The first-order chi connectivity index (χ1) is 26.3. The normalized spacial score (nSPS) is 11.4. The topological polar surface area (TPSA) is 3.24 Å². The summed E-state index contributed by atoms with van der Waals surface area (Å²) in [6.45, 7) is 0. The van der Waals surface area contributed by atoms with Crippen LogP contribution in [0.5, 0.6) is 0 Å². The molecule has 0 spiro atoms. The molecule has 0 saturated carbocycles. The highest BCUT2D eigenvalue weighted by molar-refractivity contribution is 6.22. The summed E-state index contributed by atoms with van der Waals surface area (Å²) in [6.07, 6.45) is 0. The van der Waals surface area contributed by atoms with Gasteiger partial charge in [0.15, 0.2) is 0 Å². The maximum absolute atomic E-state index is 2.47. The standard InChI is InChI=1S/C52H35N/c1-2-12-36(13-3-1)39-26-30-45(31-27-39)53(46-32-28-40(29-33-46)43-24-22-37-14-4-6-16-41(37)34-43)52-50-21-11-9-19-48(50)47-18-8-10-20-49(47)51(52)44-25-23-38-15-5-7-17-42(38)35-44/h1-35H. The lowest BCUT2D eigenvalue weighted by molar-refractivity contribution is 1.30. The second-order valence-electron chi connectivity index (χ2n) is 13.7. The second-order valence-corrected chi connectivity index (χ2v) is 13.7. The first-order valence-electron chi connectivity index (χ1n) is 18.3. The Hall–Kier alpha value is -6.96. The molecule has 0 bridgehead atoms. The van der Waals surface area contributed by atoms with Gasteiger partial charge < -0.3 is 4.90 Å². The quantitative estimate of drug-likeness (QED) is 0.159. The van der Waals surface area contributed by atoms with E-state index in [0.29, 0.717) is 0 Å². The molecular formula is C52H35N. The SMILES string of the molecule is c1ccc(-c2ccc(N(c3ccc(-c4ccc5ccccc5c4)cc3)c3c(-c4ccc5ccccc5c4)c4ccccc4c4ccccc34)cc2)cc1. The highest BCUT2D eigenvalue weighted by Crippen LogP contribution is 2.50. The number of anilines is 3. The second kappa shape index (κ2) is 13.0. The Kier molecular flexibility index (Phi) is 7.55. The van der Waals surface area contributed by atoms with Gasteiger partial charge in [-0.3, -0.25) is 0 Å². The van der Waals surface area contributed by atoms with E-state index >= 15 is 0 Å². The fraction of sp³-hybridized carbons (Fsp3) is 0. The molecule has 0 radical (unpaired) electrons. The minimum Gasteiger partial charge on any atom is -0.309 e. The third kappa shape index (κ3) is 5.51. The van der Waals surface area contributed by atoms with E-state index in [0.717, 1.165) is 11.4 Å². The summed E-state index contributed by atoms with van der Waals surface area (Å²) in [5.41, 5.74) is 10.6. The molecule has 0 aromatic heterocycles. The smallest absolute Gasteiger partial charge is 0.0624 e. The zero-order valence-electron chi connectivity index (χ0n) is 29.2. The fourth-order valence-electron chi connectivity index (χ4n) is 8.00. The van der Waals surface area contributed by atoms with E-state index in [9.17, 15) is 0 Å². The van der Waals surface area contributed by atoms with Crippen molar-refractivity contribution in [3.05, 3.63) is 212 Å². The van der Waals surface area contributed by atoms with Gasteiger partial charge in [0.05, 0.1) is 5.69 Å². The van der Waals surface area contributed by atoms with Gasteiger partial charge in [-0.15, -0.1) is 0 Å². The summed E-state index contributed by atoms with van der Waals surface area (Å²) in [6, 6.07) is 77.4. The van der Waals surface area contributed by atoms with E-state index in [1.54, 1.807) is 0 Å². The Balaban J connectivity index is 1.24. The van der Waals surface area contributed by atoms with Crippen molar-refractivity contribution in [3.63, 3.8) is 0 Å². The zero-order valence-corrected chi connectivity index (χ0v) is 29.2. The largest absolute Gasteiger partial charge is 0.309 e. The molecule has 10 rings (SSSR count). The molecule has 0 heterocycles. The Labute approximate surface area is 309 Å². The molecular weight excluding hydrogens is 639 g/mol. The number of hydrogen-bond acceptors (Lipinski definition) is 1. The van der Waals surface area contributed by atoms with Crippen molar-refractivity contribution in [2.24, 2.45) is 0 Å². The Morgan fingerprint density at radius 2 is 0.642 bits per heavy atom. The number of nitrogens with zero attached hydrogens (tertiary/aromatic N) is 1. The van der Waals surface area contributed by atoms with Crippen LogP contribution < -0.4 is 4.90 Å². The molecule has 1 heteroatoms. The Bertz CT molecular complexity index is 2920. The first-order valence-corrected chi connectivity index (χ1v) is 18.3. The summed E-state index contributed by atoms with van der Waals surface area (Å²) < 4.78 is 0. The van der Waals surface area contributed by atoms with Crippen LogP contribution in [0.15, 0.2) is 212 Å². The van der Waals surface area contributed by atoms with E-state index in [4.69, 9.17) is 0 Å². The molecule has 1 nitrogen and oxygen atoms in total. The summed E-state index contributed by atoms with van der Waals surface area (Å²) in [4.78, 5) is 2.47. The van der Waals surface area contributed by atoms with E-state index in [1.165, 1.54) is 82.2 Å². The molecule has 0 fully saturated rings. The molecule has 0 aliphatic rings. The van der Waals surface area contributed by atoms with Crippen molar-refractivity contribution in [3.8, 4) is 33.4 Å². The minimum absolute atomic E-state index is 1.10. The highest BCUT2D eigenvalue weighted by Gasteiger charge is 2.24. The summed E-state index contributed by atoms with van der Waals surface area (Å²) in [5, 5.41) is 9.89. The maximum Gasteiger partial charge on any atom is 0.0624 e. The monoisotopic (exact) mass is 673 g/mol. The minimum atomic E-state index is 1.10. The lowest BCUT2D eigenvalue weighted by Gasteiger charge is -2.31. The van der Waals surface area contributed by atoms with Crippen LogP contribution in [-0.4, -0.2) is 0 Å². The Morgan fingerprint density at radius 1 is 0.245 bits per heavy atom. The molecule has 0 N–H and O–H groups in total. The molecule has 10 aromatic rings. The van der Waals surface area contributed by atoms with Crippen molar-refractivity contribution >= 4 is 60.2 Å². The summed E-state index contributed by atoms with van der Waals surface area (Å²) in [5.74, 6) is 0. The van der Waals surface area contributed by atoms with Crippen molar-refractivity contribution in [1.29, 1.82) is 0 Å². The maximum atomic E-state index is 2.47. The van der Waals surface area contributed by atoms with Crippen LogP contribution in [0.1, 0.15) is 0 Å². The average Bonchev–Trinajstić information content (AvgIpc) is 3.24. The van der Waals surface area contributed by atoms with Crippen molar-refractivity contribution in [2.45, 2.75) is 0 Å². The number of fused-ring (bicyclic) bond motifs is 5. The lowest BCUT2D eigenvalue weighted by Crippen LogP contribution is -2.12. The van der Waals surface area contributed by atoms with Gasteiger partial charge in [-0.2, -0.15) is 0 Å². The highest BCUT2D eigenvalue weighted by atomic mass is 15.1. The van der Waals surface area contributed by atoms with Crippen LogP contribution in [-0.2, 0) is 0 Å². The zero-order chi connectivity index (χ0) is 35.1. The van der Waals surface area contributed by atoms with Crippen LogP contribution in [0.4, 0.5) is 17.1 Å². The molecule has 0 aliphatic carbocycles. The van der Waals surface area contributed by atoms with Crippen molar-refractivity contribution in [2.75, 3.05) is 4.90 Å². The molecule has 0 amide bonds. The van der Waals surface area contributed by atoms with Gasteiger partial charge >= 0.3 is 0 Å². The van der Waals surface area contributed by atoms with E-state index in [-0.39, 0.29) is 0 Å². The van der Waals surface area contributed by atoms with Gasteiger partial charge in [-0.05, 0) is 102 Å². The van der Waals surface area contributed by atoms with Crippen LogP contribution in [0.2, 0.25) is 0 Å². The predicted octanol–water partition coefficient (Wildman–Crippen LogP) is 14.8. The molecule has 0 aliphatic heterocycles. The summed E-state index contributed by atoms with van der Waals surface area (Å²) >= 11 is 0. The average molecular weight is 674 g/mol. The molecule has 0 atom stereocenters. The van der Waals surface area contributed by atoms with E-state index in [1.807, 2.05) is 0 Å². The fourth-order valence-corrected chi connectivity index (χ4v) is 8.00.